The molecule has 0 saturated carbocycles. The van der Waals surface area contributed by atoms with Crippen LogP contribution in [0.25, 0.3) is 22.6 Å². The van der Waals surface area contributed by atoms with Gasteiger partial charge < -0.3 is 15.6 Å². The van der Waals surface area contributed by atoms with Crippen LogP contribution in [0.15, 0.2) is 47.9 Å². The van der Waals surface area contributed by atoms with Gasteiger partial charge in [-0.15, -0.1) is 4.91 Å². The second-order valence-corrected chi connectivity index (χ2v) is 8.12. The molecule has 0 atom stereocenters. The number of hydrogen-bond acceptors (Lipinski definition) is 8. The highest BCUT2D eigenvalue weighted by molar-refractivity contribution is 6.36. The molecule has 33 heavy (non-hydrogen) atoms. The molecular formula is C22H20Cl2N8O. The minimum atomic E-state index is 0.171. The molecule has 11 heteroatoms. The van der Waals surface area contributed by atoms with Gasteiger partial charge in [-0.25, -0.2) is 19.9 Å². The van der Waals surface area contributed by atoms with E-state index in [9.17, 15) is 4.91 Å². The highest BCUT2D eigenvalue weighted by Gasteiger charge is 2.16. The first-order valence-corrected chi connectivity index (χ1v) is 10.8. The Morgan fingerprint density at radius 3 is 2.52 bits per heavy atom. The van der Waals surface area contributed by atoms with Gasteiger partial charge in [0.05, 0.1) is 16.3 Å². The highest BCUT2D eigenvalue weighted by atomic mass is 35.5. The van der Waals surface area contributed by atoms with Crippen molar-refractivity contribution in [2.24, 2.45) is 5.18 Å². The number of nitrogens with zero attached hydrogens (tertiary/aromatic N) is 5. The largest absolute Gasteiger partial charge is 0.368 e. The smallest absolute Gasteiger partial charge is 0.223 e. The van der Waals surface area contributed by atoms with Gasteiger partial charge in [-0.2, -0.15) is 0 Å². The summed E-state index contributed by atoms with van der Waals surface area (Å²) in [7, 11) is 0. The Bertz CT molecular complexity index is 1310. The lowest BCUT2D eigenvalue weighted by Gasteiger charge is -2.12. The fourth-order valence-corrected chi connectivity index (χ4v) is 3.65. The topological polar surface area (TPSA) is 121 Å². The van der Waals surface area contributed by atoms with Gasteiger partial charge in [0, 0.05) is 41.8 Å². The van der Waals surface area contributed by atoms with Gasteiger partial charge in [0.15, 0.2) is 0 Å². The van der Waals surface area contributed by atoms with E-state index in [1.807, 2.05) is 13.0 Å². The van der Waals surface area contributed by atoms with Crippen LogP contribution in [0.2, 0.25) is 10.0 Å². The van der Waals surface area contributed by atoms with Gasteiger partial charge in [-0.1, -0.05) is 29.3 Å². The third-order valence-corrected chi connectivity index (χ3v) is 5.35. The minimum Gasteiger partial charge on any atom is -0.368 e. The van der Waals surface area contributed by atoms with Crippen molar-refractivity contribution in [3.05, 3.63) is 68.9 Å². The van der Waals surface area contributed by atoms with E-state index in [1.54, 1.807) is 43.6 Å². The molecule has 9 nitrogen and oxygen atoms in total. The molecule has 0 amide bonds. The van der Waals surface area contributed by atoms with Crippen LogP contribution in [-0.2, 0) is 0 Å². The monoisotopic (exact) mass is 482 g/mol. The molecule has 0 spiro atoms. The van der Waals surface area contributed by atoms with Crippen LogP contribution >= 0.6 is 23.2 Å². The number of aryl methyl sites for hydroxylation is 2. The predicted octanol–water partition coefficient (Wildman–Crippen LogP) is 5.77. The number of aromatic nitrogens is 5. The quantitative estimate of drug-likeness (QED) is 0.215. The molecule has 168 valence electrons. The number of pyridine rings is 1. The van der Waals surface area contributed by atoms with Crippen molar-refractivity contribution in [3.63, 3.8) is 0 Å². The van der Waals surface area contributed by atoms with Crippen LogP contribution in [0.3, 0.4) is 0 Å². The van der Waals surface area contributed by atoms with Crippen LogP contribution in [0.4, 0.5) is 17.6 Å². The van der Waals surface area contributed by atoms with Crippen molar-refractivity contribution < 1.29 is 0 Å². The zero-order valence-corrected chi connectivity index (χ0v) is 19.4. The van der Waals surface area contributed by atoms with Crippen LogP contribution < -0.4 is 10.6 Å². The van der Waals surface area contributed by atoms with Gasteiger partial charge in [-0.05, 0) is 48.9 Å². The average Bonchev–Trinajstić information content (AvgIpc) is 3.23. The number of nitrogens with one attached hydrogen (secondary N) is 3. The summed E-state index contributed by atoms with van der Waals surface area (Å²) in [6, 6.07) is 8.84. The molecule has 0 unspecified atom stereocenters. The van der Waals surface area contributed by atoms with E-state index in [-0.39, 0.29) is 5.82 Å². The number of hydrogen-bond donors (Lipinski definition) is 3. The summed E-state index contributed by atoms with van der Waals surface area (Å²) in [5, 5.41) is 10.3. The lowest BCUT2D eigenvalue weighted by atomic mass is 10.1. The molecule has 3 heterocycles. The number of imidazole rings is 1. The van der Waals surface area contributed by atoms with Gasteiger partial charge in [0.2, 0.25) is 11.8 Å². The lowest BCUT2D eigenvalue weighted by Crippen LogP contribution is -2.16. The summed E-state index contributed by atoms with van der Waals surface area (Å²) < 4.78 is 0. The maximum atomic E-state index is 10.8. The first-order valence-electron chi connectivity index (χ1n) is 10.1. The second kappa shape index (κ2) is 9.93. The number of halogens is 2. The van der Waals surface area contributed by atoms with E-state index in [1.165, 1.54) is 0 Å². The molecule has 0 aliphatic rings. The third kappa shape index (κ3) is 5.27. The lowest BCUT2D eigenvalue weighted by molar-refractivity contribution is 1.02. The van der Waals surface area contributed by atoms with Crippen molar-refractivity contribution in [1.29, 1.82) is 0 Å². The SMILES string of the molecule is Cc1cnc(-c2cnc(NCCNc3ccc(C)c(N=O)n3)nc2-c2ccc(Cl)cc2Cl)[nH]1. The Morgan fingerprint density at radius 1 is 0.970 bits per heavy atom. The predicted molar refractivity (Wildman–Crippen MR) is 131 cm³/mol. The van der Waals surface area contributed by atoms with Gasteiger partial charge in [-0.3, -0.25) is 0 Å². The van der Waals surface area contributed by atoms with Crippen molar-refractivity contribution in [2.75, 3.05) is 23.7 Å². The summed E-state index contributed by atoms with van der Waals surface area (Å²) >= 11 is 12.5. The van der Waals surface area contributed by atoms with Gasteiger partial charge in [0.25, 0.3) is 0 Å². The Kier molecular flexibility index (Phi) is 6.81. The number of aromatic amines is 1. The molecule has 1 aromatic carbocycles. The normalized spacial score (nSPS) is 10.8. The van der Waals surface area contributed by atoms with Crippen LogP contribution in [0, 0.1) is 18.8 Å². The molecule has 0 saturated heterocycles. The van der Waals surface area contributed by atoms with Crippen LogP contribution in [0.1, 0.15) is 11.3 Å². The first kappa shape index (κ1) is 22.6. The number of anilines is 2. The Labute approximate surface area is 200 Å². The van der Waals surface area contributed by atoms with E-state index in [0.29, 0.717) is 57.5 Å². The molecule has 0 aliphatic carbocycles. The highest BCUT2D eigenvalue weighted by Crippen LogP contribution is 2.35. The summed E-state index contributed by atoms with van der Waals surface area (Å²) in [5.41, 5.74) is 3.70. The standard InChI is InChI=1S/C22H20Cl2N8O/c1-12-3-6-18(30-20(12)32-33)25-7-8-26-22-28-11-16(21-27-10-13(2)29-21)19(31-22)15-5-4-14(23)9-17(15)24/h3-6,9-11H,7-8H2,1-2H3,(H,25,30)(H,27,29)(H,26,28,31). The Hall–Kier alpha value is -3.56. The number of nitroso groups, excluding NO2 is 1. The first-order chi connectivity index (χ1) is 15.9. The molecule has 0 radical (unpaired) electrons. The maximum absolute atomic E-state index is 10.8. The third-order valence-electron chi connectivity index (χ3n) is 4.80. The minimum absolute atomic E-state index is 0.171. The van der Waals surface area contributed by atoms with Crippen LogP contribution in [-0.4, -0.2) is 38.0 Å². The molecule has 3 N–H and O–H groups in total. The second-order valence-electron chi connectivity index (χ2n) is 7.28. The molecule has 4 rings (SSSR count). The fraction of sp³-hybridized carbons (Fsp3) is 0.182. The Morgan fingerprint density at radius 2 is 1.79 bits per heavy atom. The van der Waals surface area contributed by atoms with E-state index in [4.69, 9.17) is 28.2 Å². The Balaban J connectivity index is 1.54. The summed E-state index contributed by atoms with van der Waals surface area (Å²) in [5.74, 6) is 1.81. The van der Waals surface area contributed by atoms with E-state index in [0.717, 1.165) is 11.3 Å². The van der Waals surface area contributed by atoms with Crippen molar-refractivity contribution in [1.82, 2.24) is 24.9 Å². The van der Waals surface area contributed by atoms with Crippen molar-refractivity contribution in [3.8, 4) is 22.6 Å². The number of rotatable bonds is 8. The average molecular weight is 483 g/mol. The maximum Gasteiger partial charge on any atom is 0.223 e. The number of H-pyrrole nitrogens is 1. The zero-order chi connectivity index (χ0) is 23.4. The summed E-state index contributed by atoms with van der Waals surface area (Å²) in [4.78, 5) is 31.7. The zero-order valence-electron chi connectivity index (χ0n) is 17.9. The van der Waals surface area contributed by atoms with Crippen molar-refractivity contribution in [2.45, 2.75) is 13.8 Å². The van der Waals surface area contributed by atoms with Gasteiger partial charge >= 0.3 is 0 Å². The molecule has 0 fully saturated rings. The molecule has 0 aliphatic heterocycles. The van der Waals surface area contributed by atoms with Gasteiger partial charge in [0.1, 0.15) is 11.6 Å². The van der Waals surface area contributed by atoms with Crippen molar-refractivity contribution >= 4 is 40.8 Å². The van der Waals surface area contributed by atoms with E-state index >= 15 is 0 Å². The number of benzene rings is 1. The molecule has 0 bridgehead atoms. The molecule has 3 aromatic heterocycles. The molecule has 4 aromatic rings. The van der Waals surface area contributed by atoms with E-state index in [2.05, 4.69) is 35.7 Å². The van der Waals surface area contributed by atoms with Crippen LogP contribution in [0.5, 0.6) is 0 Å². The van der Waals surface area contributed by atoms with E-state index < -0.39 is 0 Å². The molecular weight excluding hydrogens is 463 g/mol. The fourth-order valence-electron chi connectivity index (χ4n) is 3.15. The summed E-state index contributed by atoms with van der Waals surface area (Å²) in [6.45, 7) is 4.73. The summed E-state index contributed by atoms with van der Waals surface area (Å²) in [6.07, 6.45) is 3.44.